The number of benzene rings is 1. The Morgan fingerprint density at radius 3 is 2.41 bits per heavy atom. The van der Waals surface area contributed by atoms with Crippen LogP contribution in [0.4, 0.5) is 0 Å². The molecule has 22 heavy (non-hydrogen) atoms. The lowest BCUT2D eigenvalue weighted by Crippen LogP contribution is -2.32. The standard InChI is InChI=1S/C17H29N3OS/c1-3-4-5-6-7-8-13-19-17(18)20-14-15-9-11-16(12-10-15)22(2)21/h9-12H,3-8,13-14H2,1-2H3,(H3,18,19,20). The molecule has 0 fully saturated rings. The van der Waals surface area contributed by atoms with E-state index in [2.05, 4.69) is 17.2 Å². The highest BCUT2D eigenvalue weighted by Crippen LogP contribution is 2.08. The second-order valence-corrected chi connectivity index (χ2v) is 6.87. The van der Waals surface area contributed by atoms with Crippen LogP contribution < -0.4 is 11.1 Å². The fraction of sp³-hybridized carbons (Fsp3) is 0.588. The first-order valence-corrected chi connectivity index (χ1v) is 9.65. The summed E-state index contributed by atoms with van der Waals surface area (Å²) >= 11 is 0. The average Bonchev–Trinajstić information content (AvgIpc) is 2.52. The average molecular weight is 324 g/mol. The fourth-order valence-electron chi connectivity index (χ4n) is 2.14. The van der Waals surface area contributed by atoms with Gasteiger partial charge in [0.05, 0.1) is 6.54 Å². The molecule has 0 aromatic heterocycles. The van der Waals surface area contributed by atoms with Crippen molar-refractivity contribution in [1.82, 2.24) is 5.32 Å². The van der Waals surface area contributed by atoms with Crippen LogP contribution in [0.5, 0.6) is 0 Å². The van der Waals surface area contributed by atoms with E-state index < -0.39 is 10.8 Å². The van der Waals surface area contributed by atoms with E-state index in [9.17, 15) is 4.21 Å². The van der Waals surface area contributed by atoms with Crippen LogP contribution >= 0.6 is 0 Å². The second kappa shape index (κ2) is 11.2. The molecule has 0 saturated carbocycles. The summed E-state index contributed by atoms with van der Waals surface area (Å²) in [6.07, 6.45) is 9.31. The van der Waals surface area contributed by atoms with E-state index in [1.54, 1.807) is 6.26 Å². The molecule has 0 heterocycles. The third-order valence-corrected chi connectivity index (χ3v) is 4.46. The van der Waals surface area contributed by atoms with Crippen LogP contribution in [-0.2, 0) is 17.3 Å². The highest BCUT2D eigenvalue weighted by Gasteiger charge is 1.98. The molecular weight excluding hydrogens is 294 g/mol. The lowest BCUT2D eigenvalue weighted by Gasteiger charge is -2.06. The maximum absolute atomic E-state index is 11.3. The maximum atomic E-state index is 11.3. The number of unbranched alkanes of at least 4 members (excludes halogenated alkanes) is 5. The molecule has 0 aliphatic heterocycles. The summed E-state index contributed by atoms with van der Waals surface area (Å²) in [6, 6.07) is 7.64. The minimum atomic E-state index is -0.932. The highest BCUT2D eigenvalue weighted by atomic mass is 32.2. The number of nitrogens with two attached hydrogens (primary N) is 1. The molecule has 5 heteroatoms. The van der Waals surface area contributed by atoms with Crippen molar-refractivity contribution >= 4 is 16.8 Å². The summed E-state index contributed by atoms with van der Waals surface area (Å²) in [5.41, 5.74) is 6.92. The van der Waals surface area contributed by atoms with Crippen molar-refractivity contribution in [3.05, 3.63) is 29.8 Å². The van der Waals surface area contributed by atoms with E-state index in [1.165, 1.54) is 32.1 Å². The van der Waals surface area contributed by atoms with Gasteiger partial charge in [0.1, 0.15) is 0 Å². The molecule has 0 amide bonds. The zero-order valence-electron chi connectivity index (χ0n) is 13.8. The van der Waals surface area contributed by atoms with Gasteiger partial charge in [0.25, 0.3) is 0 Å². The van der Waals surface area contributed by atoms with Crippen molar-refractivity contribution in [3.8, 4) is 0 Å². The van der Waals surface area contributed by atoms with E-state index in [0.29, 0.717) is 12.5 Å². The molecule has 1 rings (SSSR count). The Morgan fingerprint density at radius 1 is 1.14 bits per heavy atom. The molecule has 0 spiro atoms. The topological polar surface area (TPSA) is 67.5 Å². The van der Waals surface area contributed by atoms with Gasteiger partial charge in [-0.25, -0.2) is 4.99 Å². The molecule has 0 radical (unpaired) electrons. The van der Waals surface area contributed by atoms with Gasteiger partial charge >= 0.3 is 0 Å². The van der Waals surface area contributed by atoms with E-state index in [4.69, 9.17) is 5.73 Å². The van der Waals surface area contributed by atoms with Crippen LogP contribution in [0.25, 0.3) is 0 Å². The predicted octanol–water partition coefficient (Wildman–Crippen LogP) is 3.19. The van der Waals surface area contributed by atoms with Crippen LogP contribution in [0.3, 0.4) is 0 Å². The Bertz CT molecular complexity index is 471. The summed E-state index contributed by atoms with van der Waals surface area (Å²) in [5, 5.41) is 3.15. The molecule has 0 saturated heterocycles. The summed E-state index contributed by atoms with van der Waals surface area (Å²) in [6.45, 7) is 3.66. The van der Waals surface area contributed by atoms with Gasteiger partial charge in [-0.1, -0.05) is 51.2 Å². The quantitative estimate of drug-likeness (QED) is 0.395. The number of aliphatic imine (C=N–C) groups is 1. The van der Waals surface area contributed by atoms with Crippen LogP contribution in [0, 0.1) is 0 Å². The van der Waals surface area contributed by atoms with Gasteiger partial charge in [-0.3, -0.25) is 4.21 Å². The smallest absolute Gasteiger partial charge is 0.188 e. The predicted molar refractivity (Wildman–Crippen MR) is 95.5 cm³/mol. The van der Waals surface area contributed by atoms with E-state index in [0.717, 1.165) is 23.4 Å². The Labute approximate surface area is 137 Å². The Balaban J connectivity index is 2.20. The van der Waals surface area contributed by atoms with Crippen LogP contribution in [-0.4, -0.2) is 23.0 Å². The van der Waals surface area contributed by atoms with Crippen LogP contribution in [0.2, 0.25) is 0 Å². The normalized spacial score (nSPS) is 13.1. The fourth-order valence-corrected chi connectivity index (χ4v) is 2.66. The minimum absolute atomic E-state index is 0.497. The van der Waals surface area contributed by atoms with Crippen molar-refractivity contribution in [1.29, 1.82) is 0 Å². The van der Waals surface area contributed by atoms with Crippen LogP contribution in [0.1, 0.15) is 51.0 Å². The number of guanidine groups is 1. The molecule has 1 unspecified atom stereocenters. The molecule has 1 atom stereocenters. The molecule has 124 valence electrons. The molecule has 4 nitrogen and oxygen atoms in total. The second-order valence-electron chi connectivity index (χ2n) is 5.49. The van der Waals surface area contributed by atoms with E-state index >= 15 is 0 Å². The number of nitrogens with zero attached hydrogens (tertiary/aromatic N) is 1. The van der Waals surface area contributed by atoms with Crippen LogP contribution in [0.15, 0.2) is 34.2 Å². The van der Waals surface area contributed by atoms with Gasteiger partial charge in [0.15, 0.2) is 5.96 Å². The Morgan fingerprint density at radius 2 is 1.77 bits per heavy atom. The van der Waals surface area contributed by atoms with Gasteiger partial charge in [-0.2, -0.15) is 0 Å². The van der Waals surface area contributed by atoms with Crippen molar-refractivity contribution in [2.45, 2.75) is 56.9 Å². The summed E-state index contributed by atoms with van der Waals surface area (Å²) in [5.74, 6) is 0.497. The zero-order valence-corrected chi connectivity index (χ0v) is 14.6. The van der Waals surface area contributed by atoms with E-state index in [-0.39, 0.29) is 0 Å². The minimum Gasteiger partial charge on any atom is -0.370 e. The van der Waals surface area contributed by atoms with Gasteiger partial charge in [0, 0.05) is 28.5 Å². The molecule has 1 aromatic carbocycles. The first-order valence-electron chi connectivity index (χ1n) is 8.09. The third-order valence-electron chi connectivity index (χ3n) is 3.52. The molecule has 0 bridgehead atoms. The third kappa shape index (κ3) is 8.17. The number of nitrogens with one attached hydrogen (secondary N) is 1. The lowest BCUT2D eigenvalue weighted by atomic mass is 10.1. The number of rotatable bonds is 10. The summed E-state index contributed by atoms with van der Waals surface area (Å²) < 4.78 is 11.3. The van der Waals surface area contributed by atoms with E-state index in [1.807, 2.05) is 24.3 Å². The monoisotopic (exact) mass is 323 g/mol. The maximum Gasteiger partial charge on any atom is 0.188 e. The first-order chi connectivity index (χ1) is 10.6. The van der Waals surface area contributed by atoms with Crippen molar-refractivity contribution in [2.24, 2.45) is 10.7 Å². The van der Waals surface area contributed by atoms with Gasteiger partial charge < -0.3 is 11.1 Å². The van der Waals surface area contributed by atoms with Crippen molar-refractivity contribution in [3.63, 3.8) is 0 Å². The van der Waals surface area contributed by atoms with Gasteiger partial charge in [0.2, 0.25) is 0 Å². The Kier molecular flexibility index (Phi) is 9.55. The van der Waals surface area contributed by atoms with Gasteiger partial charge in [-0.05, 0) is 24.1 Å². The van der Waals surface area contributed by atoms with Gasteiger partial charge in [-0.15, -0.1) is 0 Å². The molecule has 0 aliphatic carbocycles. The lowest BCUT2D eigenvalue weighted by molar-refractivity contribution is 0.601. The summed E-state index contributed by atoms with van der Waals surface area (Å²) in [4.78, 5) is 5.16. The Hall–Kier alpha value is -1.36. The van der Waals surface area contributed by atoms with Crippen molar-refractivity contribution in [2.75, 3.05) is 12.8 Å². The number of hydrogen-bond donors (Lipinski definition) is 2. The first kappa shape index (κ1) is 18.7. The molecule has 1 aromatic rings. The number of hydrogen-bond acceptors (Lipinski definition) is 2. The largest absolute Gasteiger partial charge is 0.370 e. The molecule has 0 aliphatic rings. The highest BCUT2D eigenvalue weighted by molar-refractivity contribution is 7.84. The molecular formula is C17H29N3OS. The molecule has 3 N–H and O–H groups in total. The summed E-state index contributed by atoms with van der Waals surface area (Å²) in [7, 11) is -0.932. The van der Waals surface area contributed by atoms with Crippen molar-refractivity contribution < 1.29 is 4.21 Å². The zero-order chi connectivity index (χ0) is 16.2. The SMILES string of the molecule is CCCCCCCCNC(N)=NCc1ccc(S(C)=O)cc1.